The number of carbonyl (C=O) groups excluding carboxylic acids is 1. The summed E-state index contributed by atoms with van der Waals surface area (Å²) in [4.78, 5) is 12.3. The Morgan fingerprint density at radius 2 is 2.10 bits per heavy atom. The minimum absolute atomic E-state index is 0.0800. The summed E-state index contributed by atoms with van der Waals surface area (Å²) < 4.78 is 11.1. The van der Waals surface area contributed by atoms with Gasteiger partial charge in [0.2, 0.25) is 0 Å². The third-order valence-corrected chi connectivity index (χ3v) is 4.87. The van der Waals surface area contributed by atoms with Gasteiger partial charge in [0, 0.05) is 6.61 Å². The van der Waals surface area contributed by atoms with Crippen LogP contribution in [-0.2, 0) is 14.3 Å². The second kappa shape index (κ2) is 8.14. The highest BCUT2D eigenvalue weighted by Gasteiger charge is 2.49. The molecule has 0 aliphatic heterocycles. The summed E-state index contributed by atoms with van der Waals surface area (Å²) in [5.74, 6) is 0.206. The number of esters is 1. The first-order chi connectivity index (χ1) is 9.91. The van der Waals surface area contributed by atoms with Crippen molar-refractivity contribution in [3.63, 3.8) is 0 Å². The molecule has 1 aliphatic carbocycles. The summed E-state index contributed by atoms with van der Waals surface area (Å²) in [5, 5.41) is 3.48. The normalized spacial score (nSPS) is 26.0. The monoisotopic (exact) mass is 299 g/mol. The van der Waals surface area contributed by atoms with Gasteiger partial charge in [-0.1, -0.05) is 20.3 Å². The van der Waals surface area contributed by atoms with Crippen LogP contribution in [0.15, 0.2) is 0 Å². The van der Waals surface area contributed by atoms with E-state index in [9.17, 15) is 4.79 Å². The number of ether oxygens (including phenoxy) is 2. The van der Waals surface area contributed by atoms with Crippen molar-refractivity contribution in [3.8, 4) is 0 Å². The van der Waals surface area contributed by atoms with Gasteiger partial charge in [-0.25, -0.2) is 0 Å². The molecule has 0 aromatic rings. The molecule has 0 saturated heterocycles. The van der Waals surface area contributed by atoms with Crippen LogP contribution in [0, 0.1) is 5.92 Å². The van der Waals surface area contributed by atoms with Gasteiger partial charge >= 0.3 is 5.97 Å². The van der Waals surface area contributed by atoms with Crippen LogP contribution in [0.5, 0.6) is 0 Å². The van der Waals surface area contributed by atoms with Gasteiger partial charge in [0.25, 0.3) is 0 Å². The molecule has 0 bridgehead atoms. The zero-order valence-electron chi connectivity index (χ0n) is 14.5. The quantitative estimate of drug-likeness (QED) is 0.664. The van der Waals surface area contributed by atoms with Crippen molar-refractivity contribution in [1.82, 2.24) is 5.32 Å². The molecule has 0 spiro atoms. The van der Waals surface area contributed by atoms with Crippen molar-refractivity contribution in [3.05, 3.63) is 0 Å². The van der Waals surface area contributed by atoms with E-state index in [1.165, 1.54) is 7.11 Å². The average molecular weight is 299 g/mol. The smallest absolute Gasteiger partial charge is 0.326 e. The second-order valence-corrected chi connectivity index (χ2v) is 6.73. The summed E-state index contributed by atoms with van der Waals surface area (Å²) in [6.07, 6.45) is 5.95. The highest BCUT2D eigenvalue weighted by Crippen LogP contribution is 2.39. The minimum Gasteiger partial charge on any atom is -0.468 e. The van der Waals surface area contributed by atoms with Gasteiger partial charge in [-0.2, -0.15) is 0 Å². The molecule has 2 atom stereocenters. The molecular formula is C17H33NO3. The summed E-state index contributed by atoms with van der Waals surface area (Å²) in [7, 11) is 1.49. The van der Waals surface area contributed by atoms with Crippen LogP contribution in [0.1, 0.15) is 66.2 Å². The maximum absolute atomic E-state index is 12.3. The Labute approximate surface area is 130 Å². The number of methoxy groups -OCH3 is 1. The number of nitrogens with one attached hydrogen (secondary N) is 1. The van der Waals surface area contributed by atoms with E-state index in [4.69, 9.17) is 9.47 Å². The first kappa shape index (κ1) is 18.4. The maximum Gasteiger partial charge on any atom is 0.326 e. The largest absolute Gasteiger partial charge is 0.468 e. The zero-order valence-corrected chi connectivity index (χ0v) is 14.5. The molecule has 4 heteroatoms. The van der Waals surface area contributed by atoms with Crippen molar-refractivity contribution < 1.29 is 14.3 Å². The Morgan fingerprint density at radius 3 is 2.67 bits per heavy atom. The van der Waals surface area contributed by atoms with Crippen LogP contribution in [-0.4, -0.2) is 37.4 Å². The van der Waals surface area contributed by atoms with Gasteiger partial charge in [-0.3, -0.25) is 4.79 Å². The predicted octanol–water partition coefficient (Wildman–Crippen LogP) is 3.29. The van der Waals surface area contributed by atoms with E-state index in [0.29, 0.717) is 12.5 Å². The Hall–Kier alpha value is -0.610. The van der Waals surface area contributed by atoms with Crippen molar-refractivity contribution in [2.75, 3.05) is 20.3 Å². The lowest BCUT2D eigenvalue weighted by atomic mass is 9.84. The van der Waals surface area contributed by atoms with Crippen LogP contribution in [0.2, 0.25) is 0 Å². The predicted molar refractivity (Wildman–Crippen MR) is 85.3 cm³/mol. The van der Waals surface area contributed by atoms with Crippen molar-refractivity contribution in [1.29, 1.82) is 0 Å². The molecule has 1 rings (SSSR count). The third kappa shape index (κ3) is 4.68. The first-order valence-corrected chi connectivity index (χ1v) is 8.39. The van der Waals surface area contributed by atoms with Crippen LogP contribution in [0.25, 0.3) is 0 Å². The Bertz CT molecular complexity index is 330. The molecule has 1 fully saturated rings. The second-order valence-electron chi connectivity index (χ2n) is 6.73. The van der Waals surface area contributed by atoms with Crippen molar-refractivity contribution in [2.45, 2.75) is 77.4 Å². The number of carbonyl (C=O) groups is 1. The molecule has 1 saturated carbocycles. The molecule has 21 heavy (non-hydrogen) atoms. The van der Waals surface area contributed by atoms with Crippen LogP contribution in [0.4, 0.5) is 0 Å². The molecular weight excluding hydrogens is 266 g/mol. The fourth-order valence-electron chi connectivity index (χ4n) is 3.15. The topological polar surface area (TPSA) is 47.6 Å². The molecule has 0 heterocycles. The van der Waals surface area contributed by atoms with E-state index in [-0.39, 0.29) is 11.6 Å². The Kier molecular flexibility index (Phi) is 7.14. The van der Waals surface area contributed by atoms with Gasteiger partial charge in [0.1, 0.15) is 5.54 Å². The molecule has 0 amide bonds. The number of hydrogen-bond donors (Lipinski definition) is 1. The zero-order chi connectivity index (χ0) is 15.9. The molecule has 4 nitrogen and oxygen atoms in total. The van der Waals surface area contributed by atoms with Gasteiger partial charge in [0.05, 0.1) is 12.7 Å². The lowest BCUT2D eigenvalue weighted by Gasteiger charge is -2.34. The first-order valence-electron chi connectivity index (χ1n) is 8.39. The van der Waals surface area contributed by atoms with Crippen LogP contribution in [0.3, 0.4) is 0 Å². The summed E-state index contributed by atoms with van der Waals surface area (Å²) >= 11 is 0. The molecule has 124 valence electrons. The third-order valence-electron chi connectivity index (χ3n) is 4.87. The SMILES string of the molecule is CCCNC1(C(=O)OC)CCCC1CCOC(C)(C)CC. The highest BCUT2D eigenvalue weighted by molar-refractivity contribution is 5.81. The van der Waals surface area contributed by atoms with Gasteiger partial charge in [-0.15, -0.1) is 0 Å². The Morgan fingerprint density at radius 1 is 1.38 bits per heavy atom. The summed E-state index contributed by atoms with van der Waals surface area (Å²) in [6.45, 7) is 10.0. The standard InChI is InChI=1S/C17H33NO3/c1-6-12-18-17(15(19)20-5)11-8-9-14(17)10-13-21-16(3,4)7-2/h14,18H,6-13H2,1-5H3. The fraction of sp³-hybridized carbons (Fsp3) is 0.941. The van der Waals surface area contributed by atoms with E-state index in [1.54, 1.807) is 0 Å². The lowest BCUT2D eigenvalue weighted by molar-refractivity contribution is -0.151. The molecule has 1 aliphatic rings. The summed E-state index contributed by atoms with van der Waals surface area (Å²) in [5.41, 5.74) is -0.576. The number of hydrogen-bond acceptors (Lipinski definition) is 4. The van der Waals surface area contributed by atoms with E-state index in [2.05, 4.69) is 33.0 Å². The van der Waals surface area contributed by atoms with E-state index in [1.807, 2.05) is 0 Å². The molecule has 1 N–H and O–H groups in total. The van der Waals surface area contributed by atoms with Crippen LogP contribution >= 0.6 is 0 Å². The molecule has 2 unspecified atom stereocenters. The van der Waals surface area contributed by atoms with Gasteiger partial charge in [-0.05, 0) is 58.4 Å². The van der Waals surface area contributed by atoms with Gasteiger partial charge in [0.15, 0.2) is 0 Å². The summed E-state index contributed by atoms with van der Waals surface area (Å²) in [6, 6.07) is 0. The maximum atomic E-state index is 12.3. The highest BCUT2D eigenvalue weighted by atomic mass is 16.5. The van der Waals surface area contributed by atoms with E-state index >= 15 is 0 Å². The molecule has 0 aromatic heterocycles. The van der Waals surface area contributed by atoms with Crippen LogP contribution < -0.4 is 5.32 Å². The van der Waals surface area contributed by atoms with E-state index < -0.39 is 5.54 Å². The van der Waals surface area contributed by atoms with Crippen molar-refractivity contribution >= 4 is 5.97 Å². The van der Waals surface area contributed by atoms with E-state index in [0.717, 1.165) is 45.1 Å². The molecule has 0 aromatic carbocycles. The van der Waals surface area contributed by atoms with Crippen molar-refractivity contribution in [2.24, 2.45) is 5.92 Å². The lowest BCUT2D eigenvalue weighted by Crippen LogP contribution is -2.55. The Balaban J connectivity index is 2.67. The minimum atomic E-state index is -0.496. The fourth-order valence-corrected chi connectivity index (χ4v) is 3.15. The molecule has 0 radical (unpaired) electrons. The average Bonchev–Trinajstić information content (AvgIpc) is 2.88. The van der Waals surface area contributed by atoms with Gasteiger partial charge < -0.3 is 14.8 Å². The number of rotatable bonds is 9.